The molecule has 2 saturated heterocycles. The molecule has 0 spiro atoms. The van der Waals surface area contributed by atoms with Crippen LogP contribution in [0.15, 0.2) is 30.6 Å². The Morgan fingerprint density at radius 2 is 1.89 bits per heavy atom. The first-order chi connectivity index (χ1) is 16.5. The molecule has 35 heavy (non-hydrogen) atoms. The fraction of sp³-hybridized carbons (Fsp3) is 0.409. The fourth-order valence-electron chi connectivity index (χ4n) is 4.09. The Bertz CT molecular complexity index is 1140. The monoisotopic (exact) mass is 519 g/mol. The first kappa shape index (κ1) is 25.3. The van der Waals surface area contributed by atoms with Gasteiger partial charge in [0.2, 0.25) is 5.91 Å². The summed E-state index contributed by atoms with van der Waals surface area (Å²) in [4.78, 5) is 30.5. The largest absolute Gasteiger partial charge is 0.417 e. The standard InChI is InChI=1S/C22H19ClF5N3O4/c23-15-4-16(24)14(3-17(15)25)19(11-8-35-9-11)30-20(33)18-2-13(32)7-31(18)21(34)10-1-12(6-29-5-10)22(26,27)28/h1,3-6,11,13,18-19,32H,2,7-9H2,(H,30,33)/t13-,18-,19?/m1/s1. The predicted molar refractivity (Wildman–Crippen MR) is 111 cm³/mol. The van der Waals surface area contributed by atoms with E-state index in [0.717, 1.165) is 23.2 Å². The normalized spacial score (nSPS) is 21.5. The van der Waals surface area contributed by atoms with E-state index < -0.39 is 69.9 Å². The van der Waals surface area contributed by atoms with Gasteiger partial charge in [-0.1, -0.05) is 11.6 Å². The van der Waals surface area contributed by atoms with Crippen molar-refractivity contribution in [3.8, 4) is 0 Å². The van der Waals surface area contributed by atoms with Crippen molar-refractivity contribution in [3.05, 3.63) is 63.9 Å². The lowest BCUT2D eigenvalue weighted by atomic mass is 9.90. The first-order valence-corrected chi connectivity index (χ1v) is 10.9. The van der Waals surface area contributed by atoms with Crippen LogP contribution in [0.1, 0.15) is 33.9 Å². The molecule has 2 aliphatic rings. The minimum absolute atomic E-state index is 0.153. The number of benzene rings is 1. The van der Waals surface area contributed by atoms with Crippen molar-refractivity contribution in [3.63, 3.8) is 0 Å². The number of ether oxygens (including phenoxy) is 1. The maximum Gasteiger partial charge on any atom is 0.417 e. The quantitative estimate of drug-likeness (QED) is 0.468. The molecule has 2 aliphatic heterocycles. The number of aromatic nitrogens is 1. The summed E-state index contributed by atoms with van der Waals surface area (Å²) in [5.74, 6) is -3.89. The zero-order valence-electron chi connectivity index (χ0n) is 17.9. The van der Waals surface area contributed by atoms with Crippen LogP contribution in [0, 0.1) is 17.6 Å². The van der Waals surface area contributed by atoms with Gasteiger partial charge in [-0.3, -0.25) is 14.6 Å². The summed E-state index contributed by atoms with van der Waals surface area (Å²) in [7, 11) is 0. The number of β-amino-alcohol motifs (C(OH)–C–C–N with tert-alkyl or cyclic N) is 1. The number of alkyl halides is 3. The molecule has 0 radical (unpaired) electrons. The lowest BCUT2D eigenvalue weighted by Gasteiger charge is -2.36. The van der Waals surface area contributed by atoms with Crippen molar-refractivity contribution in [1.82, 2.24) is 15.2 Å². The van der Waals surface area contributed by atoms with Gasteiger partial charge in [0, 0.05) is 36.8 Å². The van der Waals surface area contributed by atoms with E-state index in [0.29, 0.717) is 12.3 Å². The smallest absolute Gasteiger partial charge is 0.391 e. The van der Waals surface area contributed by atoms with Crippen LogP contribution in [0.3, 0.4) is 0 Å². The first-order valence-electron chi connectivity index (χ1n) is 10.5. The van der Waals surface area contributed by atoms with Gasteiger partial charge in [-0.2, -0.15) is 13.2 Å². The summed E-state index contributed by atoms with van der Waals surface area (Å²) in [5.41, 5.74) is -1.73. The van der Waals surface area contributed by atoms with Gasteiger partial charge in [0.25, 0.3) is 5.91 Å². The number of nitrogens with zero attached hydrogens (tertiary/aromatic N) is 2. The van der Waals surface area contributed by atoms with Gasteiger partial charge >= 0.3 is 6.18 Å². The molecule has 3 atom stereocenters. The molecular weight excluding hydrogens is 501 g/mol. The number of rotatable bonds is 5. The zero-order valence-corrected chi connectivity index (χ0v) is 18.6. The van der Waals surface area contributed by atoms with Crippen molar-refractivity contribution in [2.75, 3.05) is 19.8 Å². The molecule has 188 valence electrons. The SMILES string of the molecule is O=C(NC(c1cc(F)c(Cl)cc1F)C1COC1)[C@H]1C[C@@H](O)CN1C(=O)c1cncc(C(F)(F)F)c1. The minimum atomic E-state index is -4.74. The van der Waals surface area contributed by atoms with Gasteiger partial charge < -0.3 is 20.1 Å². The van der Waals surface area contributed by atoms with E-state index in [9.17, 15) is 36.6 Å². The van der Waals surface area contributed by atoms with Crippen molar-refractivity contribution in [2.24, 2.45) is 5.92 Å². The topological polar surface area (TPSA) is 91.8 Å². The molecule has 1 unspecified atom stereocenters. The molecule has 2 fully saturated rings. The molecule has 1 aromatic carbocycles. The minimum Gasteiger partial charge on any atom is -0.391 e. The van der Waals surface area contributed by atoms with Crippen LogP contribution in [0.25, 0.3) is 0 Å². The van der Waals surface area contributed by atoms with Crippen LogP contribution in [0.4, 0.5) is 22.0 Å². The van der Waals surface area contributed by atoms with E-state index in [1.807, 2.05) is 0 Å². The number of carbonyl (C=O) groups is 2. The molecule has 7 nitrogen and oxygen atoms in total. The Kier molecular flexibility index (Phi) is 6.98. The number of carbonyl (C=O) groups excluding carboxylic acids is 2. The maximum absolute atomic E-state index is 14.6. The molecule has 13 heteroatoms. The lowest BCUT2D eigenvalue weighted by molar-refractivity contribution is -0.138. The molecule has 2 amide bonds. The number of aliphatic hydroxyl groups is 1. The van der Waals surface area contributed by atoms with Gasteiger partial charge in [-0.25, -0.2) is 8.78 Å². The van der Waals surface area contributed by atoms with Gasteiger partial charge in [0.1, 0.15) is 17.7 Å². The third kappa shape index (κ3) is 5.24. The summed E-state index contributed by atoms with van der Waals surface area (Å²) in [5, 5.41) is 12.3. The second-order valence-corrected chi connectivity index (χ2v) is 8.80. The second kappa shape index (κ2) is 9.67. The van der Waals surface area contributed by atoms with E-state index in [1.165, 1.54) is 0 Å². The summed E-state index contributed by atoms with van der Waals surface area (Å²) < 4.78 is 72.9. The maximum atomic E-state index is 14.6. The molecule has 4 rings (SSSR count). The molecule has 3 heterocycles. The molecular formula is C22H19ClF5N3O4. The number of pyridine rings is 1. The van der Waals surface area contributed by atoms with E-state index in [1.54, 1.807) is 0 Å². The average Bonchev–Trinajstić information content (AvgIpc) is 3.15. The Labute approximate surface area is 200 Å². The van der Waals surface area contributed by atoms with E-state index >= 15 is 0 Å². The third-order valence-corrected chi connectivity index (χ3v) is 6.25. The van der Waals surface area contributed by atoms with Crippen molar-refractivity contribution in [1.29, 1.82) is 0 Å². The van der Waals surface area contributed by atoms with Crippen LogP contribution >= 0.6 is 11.6 Å². The third-order valence-electron chi connectivity index (χ3n) is 5.96. The van der Waals surface area contributed by atoms with E-state index in [2.05, 4.69) is 10.3 Å². The molecule has 2 N–H and O–H groups in total. The van der Waals surface area contributed by atoms with Crippen molar-refractivity contribution < 1.29 is 41.4 Å². The molecule has 0 aliphatic carbocycles. The molecule has 0 saturated carbocycles. The molecule has 2 aromatic rings. The summed E-state index contributed by atoms with van der Waals surface area (Å²) in [6.07, 6.45) is -4.57. The van der Waals surface area contributed by atoms with Crippen LogP contribution in [-0.4, -0.2) is 58.7 Å². The van der Waals surface area contributed by atoms with Crippen molar-refractivity contribution in [2.45, 2.75) is 30.8 Å². The van der Waals surface area contributed by atoms with Gasteiger partial charge in [0.05, 0.1) is 41.5 Å². The predicted octanol–water partition coefficient (Wildman–Crippen LogP) is 3.11. The Morgan fingerprint density at radius 3 is 2.51 bits per heavy atom. The highest BCUT2D eigenvalue weighted by Gasteiger charge is 2.42. The Balaban J connectivity index is 1.59. The number of nitrogens with one attached hydrogen (secondary N) is 1. The van der Waals surface area contributed by atoms with Crippen LogP contribution in [0.2, 0.25) is 5.02 Å². The van der Waals surface area contributed by atoms with E-state index in [4.69, 9.17) is 16.3 Å². The highest BCUT2D eigenvalue weighted by atomic mass is 35.5. The number of likely N-dealkylation sites (tertiary alicyclic amines) is 1. The lowest BCUT2D eigenvalue weighted by Crippen LogP contribution is -2.50. The zero-order chi connectivity index (χ0) is 25.5. The van der Waals surface area contributed by atoms with Crippen LogP contribution in [-0.2, 0) is 15.7 Å². The van der Waals surface area contributed by atoms with Gasteiger partial charge in [-0.05, 0) is 18.2 Å². The number of amides is 2. The number of hydrogen-bond acceptors (Lipinski definition) is 5. The molecule has 1 aromatic heterocycles. The van der Waals surface area contributed by atoms with Crippen LogP contribution in [0.5, 0.6) is 0 Å². The van der Waals surface area contributed by atoms with Gasteiger partial charge in [0.15, 0.2) is 0 Å². The van der Waals surface area contributed by atoms with E-state index in [-0.39, 0.29) is 31.7 Å². The Morgan fingerprint density at radius 1 is 1.17 bits per heavy atom. The highest BCUT2D eigenvalue weighted by Crippen LogP contribution is 2.33. The van der Waals surface area contributed by atoms with Gasteiger partial charge in [-0.15, -0.1) is 0 Å². The number of hydrogen-bond donors (Lipinski definition) is 2. The fourth-order valence-corrected chi connectivity index (χ4v) is 4.24. The average molecular weight is 520 g/mol. The summed E-state index contributed by atoms with van der Waals surface area (Å²) in [6.45, 7) is -0.00471. The summed E-state index contributed by atoms with van der Waals surface area (Å²) >= 11 is 5.62. The number of aliphatic hydroxyl groups excluding tert-OH is 1. The highest BCUT2D eigenvalue weighted by molar-refractivity contribution is 6.30. The molecule has 0 bridgehead atoms. The second-order valence-electron chi connectivity index (χ2n) is 8.39. The summed E-state index contributed by atoms with van der Waals surface area (Å²) in [6, 6.07) is -0.0544. The Hall–Kier alpha value is -2.83. The van der Waals surface area contributed by atoms with Crippen molar-refractivity contribution >= 4 is 23.4 Å². The number of halogens is 6. The van der Waals surface area contributed by atoms with Crippen LogP contribution < -0.4 is 5.32 Å².